The van der Waals surface area contributed by atoms with E-state index in [2.05, 4.69) is 32.2 Å². The number of rotatable bonds is 3. The molecule has 0 bridgehead atoms. The van der Waals surface area contributed by atoms with Gasteiger partial charge in [0.25, 0.3) is 0 Å². The molecule has 0 radical (unpaired) electrons. The molecule has 0 heterocycles. The lowest BCUT2D eigenvalue weighted by Gasteiger charge is -2.34. The molecule has 2 fully saturated rings. The summed E-state index contributed by atoms with van der Waals surface area (Å²) >= 11 is 9.20. The van der Waals surface area contributed by atoms with Crippen LogP contribution in [-0.2, 0) is 0 Å². The van der Waals surface area contributed by atoms with E-state index in [-0.39, 0.29) is 0 Å². The summed E-state index contributed by atoms with van der Waals surface area (Å²) in [5, 5.41) is 1.39. The van der Waals surface area contributed by atoms with Gasteiger partial charge in [-0.3, -0.25) is 0 Å². The molecule has 2 saturated carbocycles. The summed E-state index contributed by atoms with van der Waals surface area (Å²) in [5.41, 5.74) is 0. The van der Waals surface area contributed by atoms with Crippen LogP contribution >= 0.6 is 25.3 Å². The third kappa shape index (κ3) is 4.38. The first-order valence-electron chi connectivity index (χ1n) is 7.51. The van der Waals surface area contributed by atoms with Gasteiger partial charge >= 0.3 is 0 Å². The third-order valence-electron chi connectivity index (χ3n) is 5.07. The fourth-order valence-electron chi connectivity index (χ4n) is 3.77. The van der Waals surface area contributed by atoms with E-state index in [4.69, 9.17) is 0 Å². The van der Waals surface area contributed by atoms with Crippen molar-refractivity contribution in [2.24, 2.45) is 17.8 Å². The molecule has 17 heavy (non-hydrogen) atoms. The lowest BCUT2D eigenvalue weighted by Crippen LogP contribution is -2.24. The zero-order chi connectivity index (χ0) is 12.3. The molecule has 1 unspecified atom stereocenters. The molecular weight excluding hydrogens is 244 g/mol. The number of thiol groups is 2. The van der Waals surface area contributed by atoms with Gasteiger partial charge in [0.1, 0.15) is 0 Å². The lowest BCUT2D eigenvalue weighted by molar-refractivity contribution is 0.207. The molecule has 0 N–H and O–H groups in total. The van der Waals surface area contributed by atoms with Crippen LogP contribution in [0.1, 0.15) is 64.7 Å². The Morgan fingerprint density at radius 3 is 1.82 bits per heavy atom. The molecule has 1 atom stereocenters. The SMILES string of the molecule is CC(CC1CCC(S)CC1)C1CCC(S)CC1. The first kappa shape index (κ1) is 14.1. The van der Waals surface area contributed by atoms with Crippen LogP contribution in [0.5, 0.6) is 0 Å². The van der Waals surface area contributed by atoms with Gasteiger partial charge in [-0.15, -0.1) is 0 Å². The fourth-order valence-corrected chi connectivity index (χ4v) is 4.37. The first-order valence-corrected chi connectivity index (χ1v) is 8.54. The second-order valence-electron chi connectivity index (χ2n) is 6.46. The van der Waals surface area contributed by atoms with Crippen LogP contribution in [-0.4, -0.2) is 10.5 Å². The van der Waals surface area contributed by atoms with Gasteiger partial charge in [0, 0.05) is 10.5 Å². The van der Waals surface area contributed by atoms with Gasteiger partial charge in [0.2, 0.25) is 0 Å². The molecule has 0 aromatic heterocycles. The summed E-state index contributed by atoms with van der Waals surface area (Å²) < 4.78 is 0. The predicted molar refractivity (Wildman–Crippen MR) is 83.2 cm³/mol. The molecule has 100 valence electrons. The predicted octanol–water partition coefficient (Wildman–Crippen LogP) is 4.99. The highest BCUT2D eigenvalue weighted by Gasteiger charge is 2.27. The minimum absolute atomic E-state index is 0.693. The Kier molecular flexibility index (Phi) is 5.60. The average Bonchev–Trinajstić information content (AvgIpc) is 2.33. The largest absolute Gasteiger partial charge is 0.176 e. The maximum absolute atomic E-state index is 4.60. The van der Waals surface area contributed by atoms with Gasteiger partial charge in [-0.25, -0.2) is 0 Å². The van der Waals surface area contributed by atoms with E-state index in [0.29, 0.717) is 10.5 Å². The number of hydrogen-bond donors (Lipinski definition) is 2. The van der Waals surface area contributed by atoms with E-state index in [0.717, 1.165) is 17.8 Å². The van der Waals surface area contributed by atoms with Crippen molar-refractivity contribution in [1.82, 2.24) is 0 Å². The van der Waals surface area contributed by atoms with Crippen LogP contribution in [0.3, 0.4) is 0 Å². The van der Waals surface area contributed by atoms with Gasteiger partial charge in [0.15, 0.2) is 0 Å². The van der Waals surface area contributed by atoms with Crippen molar-refractivity contribution in [3.63, 3.8) is 0 Å². The van der Waals surface area contributed by atoms with Crippen molar-refractivity contribution in [3.8, 4) is 0 Å². The molecule has 2 aliphatic carbocycles. The van der Waals surface area contributed by atoms with Crippen molar-refractivity contribution in [2.75, 3.05) is 0 Å². The summed E-state index contributed by atoms with van der Waals surface area (Å²) in [6.07, 6.45) is 12.6. The first-order chi connectivity index (χ1) is 8.15. The summed E-state index contributed by atoms with van der Waals surface area (Å²) in [6.45, 7) is 2.50. The molecule has 2 rings (SSSR count). The summed E-state index contributed by atoms with van der Waals surface area (Å²) in [7, 11) is 0. The quantitative estimate of drug-likeness (QED) is 0.664. The zero-order valence-corrected chi connectivity index (χ0v) is 12.9. The molecule has 0 saturated heterocycles. The Hall–Kier alpha value is 0.700. The normalized spacial score (nSPS) is 41.1. The van der Waals surface area contributed by atoms with E-state index >= 15 is 0 Å². The molecule has 0 spiro atoms. The Balaban J connectivity index is 1.71. The molecular formula is C15H28S2. The number of hydrogen-bond acceptors (Lipinski definition) is 2. The van der Waals surface area contributed by atoms with Crippen molar-refractivity contribution < 1.29 is 0 Å². The molecule has 0 aliphatic heterocycles. The molecule has 0 aromatic carbocycles. The molecule has 0 aromatic rings. The Morgan fingerprint density at radius 2 is 1.29 bits per heavy atom. The van der Waals surface area contributed by atoms with Crippen molar-refractivity contribution in [1.29, 1.82) is 0 Å². The van der Waals surface area contributed by atoms with E-state index < -0.39 is 0 Å². The second-order valence-corrected chi connectivity index (χ2v) is 7.92. The Morgan fingerprint density at radius 1 is 0.824 bits per heavy atom. The van der Waals surface area contributed by atoms with E-state index in [1.165, 1.54) is 57.8 Å². The van der Waals surface area contributed by atoms with Crippen molar-refractivity contribution >= 4 is 25.3 Å². The molecule has 0 nitrogen and oxygen atoms in total. The van der Waals surface area contributed by atoms with Gasteiger partial charge in [-0.2, -0.15) is 25.3 Å². The smallest absolute Gasteiger partial charge is 0.00170 e. The van der Waals surface area contributed by atoms with Gasteiger partial charge in [0.05, 0.1) is 0 Å². The highest BCUT2D eigenvalue weighted by molar-refractivity contribution is 7.81. The van der Waals surface area contributed by atoms with Crippen molar-refractivity contribution in [2.45, 2.75) is 75.2 Å². The topological polar surface area (TPSA) is 0 Å². The maximum Gasteiger partial charge on any atom is 0.00170 e. The van der Waals surface area contributed by atoms with Crippen LogP contribution < -0.4 is 0 Å². The summed E-state index contributed by atoms with van der Waals surface area (Å²) in [5.74, 6) is 2.94. The lowest BCUT2D eigenvalue weighted by atomic mass is 9.74. The highest BCUT2D eigenvalue weighted by Crippen LogP contribution is 2.38. The zero-order valence-electron chi connectivity index (χ0n) is 11.1. The highest BCUT2D eigenvalue weighted by atomic mass is 32.1. The van der Waals surface area contributed by atoms with Gasteiger partial charge in [-0.05, 0) is 75.5 Å². The third-order valence-corrected chi connectivity index (χ3v) is 6.10. The van der Waals surface area contributed by atoms with Crippen LogP contribution in [0.25, 0.3) is 0 Å². The van der Waals surface area contributed by atoms with Gasteiger partial charge < -0.3 is 0 Å². The minimum Gasteiger partial charge on any atom is -0.176 e. The van der Waals surface area contributed by atoms with E-state index in [9.17, 15) is 0 Å². The van der Waals surface area contributed by atoms with Crippen LogP contribution in [0.15, 0.2) is 0 Å². The second kappa shape index (κ2) is 6.75. The summed E-state index contributed by atoms with van der Waals surface area (Å²) in [6, 6.07) is 0. The monoisotopic (exact) mass is 272 g/mol. The molecule has 0 amide bonds. The fraction of sp³-hybridized carbons (Fsp3) is 1.00. The standard InChI is InChI=1S/C15H28S2/c1-11(13-4-8-15(17)9-5-13)10-12-2-6-14(16)7-3-12/h11-17H,2-10H2,1H3. The maximum atomic E-state index is 4.60. The van der Waals surface area contributed by atoms with Crippen LogP contribution in [0, 0.1) is 17.8 Å². The van der Waals surface area contributed by atoms with E-state index in [1.807, 2.05) is 0 Å². The van der Waals surface area contributed by atoms with Crippen molar-refractivity contribution in [3.05, 3.63) is 0 Å². The molecule has 2 aliphatic rings. The van der Waals surface area contributed by atoms with E-state index in [1.54, 1.807) is 0 Å². The summed E-state index contributed by atoms with van der Waals surface area (Å²) in [4.78, 5) is 0. The average molecular weight is 273 g/mol. The van der Waals surface area contributed by atoms with Crippen LogP contribution in [0.4, 0.5) is 0 Å². The van der Waals surface area contributed by atoms with Gasteiger partial charge in [-0.1, -0.05) is 6.92 Å². The van der Waals surface area contributed by atoms with Crippen LogP contribution in [0.2, 0.25) is 0 Å². The molecule has 2 heteroatoms. The minimum atomic E-state index is 0.693. The Labute approximate surface area is 118 Å². The Bertz CT molecular complexity index is 213.